The maximum absolute atomic E-state index is 10.3. The maximum atomic E-state index is 10.3. The molecule has 1 aromatic carbocycles. The highest BCUT2D eigenvalue weighted by Gasteiger charge is 1.95. The predicted octanol–water partition coefficient (Wildman–Crippen LogP) is 6.16. The Bertz CT molecular complexity index is 423. The summed E-state index contributed by atoms with van der Waals surface area (Å²) in [5, 5.41) is 8.46. The van der Waals surface area contributed by atoms with E-state index in [2.05, 4.69) is 30.3 Å². The van der Waals surface area contributed by atoms with Crippen LogP contribution in [0.25, 0.3) is 0 Å². The molecular weight excluding hydrogens is 284 g/mol. The van der Waals surface area contributed by atoms with E-state index in [0.29, 0.717) is 0 Å². The van der Waals surface area contributed by atoms with Crippen LogP contribution in [0.2, 0.25) is 0 Å². The zero-order valence-electron chi connectivity index (χ0n) is 14.4. The Balaban J connectivity index is 1.77. The minimum absolute atomic E-state index is 0.839. The van der Waals surface area contributed by atoms with E-state index in [9.17, 15) is 4.79 Å². The summed E-state index contributed by atoms with van der Waals surface area (Å²) < 4.78 is 0. The summed E-state index contributed by atoms with van der Waals surface area (Å²) in [6, 6.07) is 10.8. The van der Waals surface area contributed by atoms with Gasteiger partial charge in [-0.05, 0) is 31.2 Å². The molecule has 2 heteroatoms. The lowest BCUT2D eigenvalue weighted by Gasteiger charge is -2.03. The lowest BCUT2D eigenvalue weighted by molar-refractivity contribution is -0.131. The molecule has 2 nitrogen and oxygen atoms in total. The number of hydrogen-bond donors (Lipinski definition) is 1. The van der Waals surface area contributed by atoms with Crippen LogP contribution in [0.5, 0.6) is 0 Å². The van der Waals surface area contributed by atoms with Crippen molar-refractivity contribution < 1.29 is 9.90 Å². The van der Waals surface area contributed by atoms with Gasteiger partial charge in [-0.15, -0.1) is 0 Å². The fourth-order valence-electron chi connectivity index (χ4n) is 2.83. The van der Waals surface area contributed by atoms with Gasteiger partial charge in [0.2, 0.25) is 0 Å². The van der Waals surface area contributed by atoms with Crippen molar-refractivity contribution in [3.63, 3.8) is 0 Å². The molecule has 0 aromatic heterocycles. The average Bonchev–Trinajstić information content (AvgIpc) is 2.56. The number of aliphatic carboxylic acids is 1. The van der Waals surface area contributed by atoms with Crippen LogP contribution in [0.4, 0.5) is 0 Å². The highest BCUT2D eigenvalue weighted by atomic mass is 16.4. The second kappa shape index (κ2) is 14.0. The first-order valence-corrected chi connectivity index (χ1v) is 9.22. The lowest BCUT2D eigenvalue weighted by Crippen LogP contribution is -1.86. The Kier molecular flexibility index (Phi) is 11.9. The van der Waals surface area contributed by atoms with E-state index in [1.165, 1.54) is 75.8 Å². The minimum Gasteiger partial charge on any atom is -0.478 e. The predicted molar refractivity (Wildman–Crippen MR) is 97.7 cm³/mol. The number of carbonyl (C=O) groups is 1. The van der Waals surface area contributed by atoms with E-state index in [0.717, 1.165) is 12.8 Å². The van der Waals surface area contributed by atoms with Crippen LogP contribution in [0.3, 0.4) is 0 Å². The number of aryl methyl sites for hydroxylation is 1. The number of unbranched alkanes of at least 4 members (excludes halogenated alkanes) is 10. The quantitative estimate of drug-likeness (QED) is 0.329. The third-order valence-electron chi connectivity index (χ3n) is 4.19. The van der Waals surface area contributed by atoms with Gasteiger partial charge in [0.1, 0.15) is 0 Å². The number of allylic oxidation sites excluding steroid dienone is 1. The Labute approximate surface area is 141 Å². The van der Waals surface area contributed by atoms with Crippen LogP contribution < -0.4 is 0 Å². The Hall–Kier alpha value is -1.57. The fraction of sp³-hybridized carbons (Fsp3) is 0.571. The number of carboxylic acids is 1. The zero-order valence-corrected chi connectivity index (χ0v) is 14.4. The number of benzene rings is 1. The number of rotatable bonds is 14. The highest BCUT2D eigenvalue weighted by Crippen LogP contribution is 2.13. The van der Waals surface area contributed by atoms with E-state index in [1.54, 1.807) is 6.08 Å². The molecule has 0 atom stereocenters. The normalized spacial score (nSPS) is 11.1. The molecule has 0 saturated carbocycles. The van der Waals surface area contributed by atoms with Crippen molar-refractivity contribution in [1.29, 1.82) is 0 Å². The summed E-state index contributed by atoms with van der Waals surface area (Å²) in [7, 11) is 0. The van der Waals surface area contributed by atoms with Gasteiger partial charge in [0.05, 0.1) is 0 Å². The van der Waals surface area contributed by atoms with Gasteiger partial charge >= 0.3 is 5.97 Å². The van der Waals surface area contributed by atoms with Gasteiger partial charge in [0.15, 0.2) is 0 Å². The molecule has 0 radical (unpaired) electrons. The van der Waals surface area contributed by atoms with Crippen LogP contribution >= 0.6 is 0 Å². The molecule has 1 N–H and O–H groups in total. The first-order chi connectivity index (χ1) is 11.3. The van der Waals surface area contributed by atoms with Crippen molar-refractivity contribution in [2.24, 2.45) is 0 Å². The molecule has 0 saturated heterocycles. The molecular formula is C21H32O2. The maximum Gasteiger partial charge on any atom is 0.327 e. The fourth-order valence-corrected chi connectivity index (χ4v) is 2.83. The van der Waals surface area contributed by atoms with Crippen LogP contribution in [0, 0.1) is 0 Å². The molecule has 0 aliphatic rings. The van der Waals surface area contributed by atoms with Crippen LogP contribution in [0.15, 0.2) is 42.5 Å². The summed E-state index contributed by atoms with van der Waals surface area (Å²) in [5.41, 5.74) is 1.46. The van der Waals surface area contributed by atoms with Gasteiger partial charge in [-0.2, -0.15) is 0 Å². The molecule has 0 aliphatic carbocycles. The monoisotopic (exact) mass is 316 g/mol. The van der Waals surface area contributed by atoms with E-state index >= 15 is 0 Å². The molecule has 0 amide bonds. The highest BCUT2D eigenvalue weighted by molar-refractivity contribution is 5.79. The summed E-state index contributed by atoms with van der Waals surface area (Å²) >= 11 is 0. The lowest BCUT2D eigenvalue weighted by atomic mass is 10.0. The molecule has 0 heterocycles. The van der Waals surface area contributed by atoms with E-state index < -0.39 is 5.97 Å². The Morgan fingerprint density at radius 3 is 1.87 bits per heavy atom. The van der Waals surface area contributed by atoms with Crippen LogP contribution in [0.1, 0.15) is 76.2 Å². The molecule has 23 heavy (non-hydrogen) atoms. The van der Waals surface area contributed by atoms with Crippen molar-refractivity contribution in [1.82, 2.24) is 0 Å². The first-order valence-electron chi connectivity index (χ1n) is 9.22. The molecule has 0 aliphatic heterocycles. The summed E-state index contributed by atoms with van der Waals surface area (Å²) in [5.74, 6) is -0.839. The minimum atomic E-state index is -0.839. The second-order valence-electron chi connectivity index (χ2n) is 6.30. The molecule has 0 bridgehead atoms. The first kappa shape index (κ1) is 19.5. The van der Waals surface area contributed by atoms with Gasteiger partial charge < -0.3 is 5.11 Å². The van der Waals surface area contributed by atoms with E-state index in [4.69, 9.17) is 5.11 Å². The SMILES string of the molecule is O=C(O)C=CCCCCCCCCCCCCc1ccccc1. The van der Waals surface area contributed by atoms with Gasteiger partial charge in [-0.1, -0.05) is 87.8 Å². The van der Waals surface area contributed by atoms with Crippen LogP contribution in [-0.2, 0) is 11.2 Å². The van der Waals surface area contributed by atoms with E-state index in [1.807, 2.05) is 0 Å². The van der Waals surface area contributed by atoms with Crippen LogP contribution in [-0.4, -0.2) is 11.1 Å². The van der Waals surface area contributed by atoms with Gasteiger partial charge in [-0.3, -0.25) is 0 Å². The summed E-state index contributed by atoms with van der Waals surface area (Å²) in [4.78, 5) is 10.3. The smallest absolute Gasteiger partial charge is 0.327 e. The topological polar surface area (TPSA) is 37.3 Å². The molecule has 128 valence electrons. The van der Waals surface area contributed by atoms with Crippen molar-refractivity contribution in [3.05, 3.63) is 48.0 Å². The van der Waals surface area contributed by atoms with Crippen molar-refractivity contribution >= 4 is 5.97 Å². The molecule has 0 fully saturated rings. The third kappa shape index (κ3) is 12.6. The van der Waals surface area contributed by atoms with Crippen molar-refractivity contribution in [3.8, 4) is 0 Å². The molecule has 0 unspecified atom stereocenters. The Morgan fingerprint density at radius 1 is 0.783 bits per heavy atom. The average molecular weight is 316 g/mol. The van der Waals surface area contributed by atoms with Gasteiger partial charge in [0, 0.05) is 6.08 Å². The zero-order chi connectivity index (χ0) is 16.6. The molecule has 1 rings (SSSR count). The van der Waals surface area contributed by atoms with Crippen molar-refractivity contribution in [2.75, 3.05) is 0 Å². The van der Waals surface area contributed by atoms with Gasteiger partial charge in [0.25, 0.3) is 0 Å². The van der Waals surface area contributed by atoms with Gasteiger partial charge in [-0.25, -0.2) is 4.79 Å². The number of carboxylic acid groups (broad SMARTS) is 1. The van der Waals surface area contributed by atoms with E-state index in [-0.39, 0.29) is 0 Å². The standard InChI is InChI=1S/C21H32O2/c22-21(23)19-15-10-8-6-4-2-1-3-5-7-9-12-16-20-17-13-11-14-18-20/h11,13-15,17-19H,1-10,12,16H2,(H,22,23). The largest absolute Gasteiger partial charge is 0.478 e. The van der Waals surface area contributed by atoms with Crippen molar-refractivity contribution in [2.45, 2.75) is 77.0 Å². The Morgan fingerprint density at radius 2 is 1.30 bits per heavy atom. The second-order valence-corrected chi connectivity index (χ2v) is 6.30. The third-order valence-corrected chi connectivity index (χ3v) is 4.19. The molecule has 0 spiro atoms. The summed E-state index contributed by atoms with van der Waals surface area (Å²) in [6.45, 7) is 0. The molecule has 1 aromatic rings. The summed E-state index contributed by atoms with van der Waals surface area (Å²) in [6.07, 6.45) is 18.2. The number of hydrogen-bond acceptors (Lipinski definition) is 1.